The van der Waals surface area contributed by atoms with Crippen molar-refractivity contribution in [3.05, 3.63) is 43.0 Å². The number of phosphoric acid groups is 3. The average molecular weight is 1110 g/mol. The molecule has 0 spiro atoms. The lowest BCUT2D eigenvalue weighted by atomic mass is 10.0. The first-order valence-corrected chi connectivity index (χ1v) is 32.0. The van der Waals surface area contributed by atoms with Gasteiger partial charge in [-0.05, 0) is 25.3 Å². The third kappa shape index (κ3) is 32.8. The molecule has 1 aromatic rings. The zero-order chi connectivity index (χ0) is 54.5. The van der Waals surface area contributed by atoms with E-state index in [0.29, 0.717) is 12.8 Å². The molecular formula is C49H90N5O17P3. The van der Waals surface area contributed by atoms with Crippen molar-refractivity contribution in [3.8, 4) is 0 Å². The number of unbranched alkanes of at least 4 members (excludes halogenated alkanes) is 28. The minimum atomic E-state index is -5.97. The highest BCUT2D eigenvalue weighted by atomic mass is 31.3. The molecule has 0 radical (unpaired) electrons. The Hall–Kier alpha value is -2.70. The lowest BCUT2D eigenvalue weighted by Gasteiger charge is -2.22. The summed E-state index contributed by atoms with van der Waals surface area (Å²) < 4.78 is 73.9. The van der Waals surface area contributed by atoms with Gasteiger partial charge < -0.3 is 28.9 Å². The molecule has 428 valence electrons. The first kappa shape index (κ1) is 67.4. The monoisotopic (exact) mass is 1110 g/mol. The van der Waals surface area contributed by atoms with Crippen LogP contribution in [-0.4, -0.2) is 74.2 Å². The first-order valence-electron chi connectivity index (χ1n) is 27.5. The van der Waals surface area contributed by atoms with Gasteiger partial charge in [-0.1, -0.05) is 199 Å². The van der Waals surface area contributed by atoms with Crippen molar-refractivity contribution in [2.24, 2.45) is 5.11 Å². The number of hydrogen-bond acceptors (Lipinski definition) is 15. The zero-order valence-corrected chi connectivity index (χ0v) is 47.2. The van der Waals surface area contributed by atoms with E-state index in [9.17, 15) is 47.6 Å². The predicted octanol–water partition coefficient (Wildman–Crippen LogP) is 13.2. The molecule has 0 amide bonds. The van der Waals surface area contributed by atoms with Crippen molar-refractivity contribution < 1.29 is 69.8 Å². The number of aromatic nitrogens is 2. The normalized spacial score (nSPS) is 18.5. The van der Waals surface area contributed by atoms with Crippen LogP contribution in [0.5, 0.6) is 0 Å². The predicted molar refractivity (Wildman–Crippen MR) is 281 cm³/mol. The van der Waals surface area contributed by atoms with Crippen molar-refractivity contribution in [1.29, 1.82) is 0 Å². The molecule has 0 aromatic carbocycles. The van der Waals surface area contributed by atoms with E-state index < -0.39 is 91.0 Å². The maximum atomic E-state index is 12.9. The number of phosphoric ester groups is 2. The van der Waals surface area contributed by atoms with Crippen LogP contribution in [0.1, 0.15) is 238 Å². The lowest BCUT2D eigenvalue weighted by Crippen LogP contribution is -2.33. The molecule has 22 nitrogen and oxygen atoms in total. The SMILES string of the molecule is CCCCCCCCCCCCCCCCCC(=O)OCC(COP(=O)(O)OP(=O)(O)OP(=O)(O)OCC1OC(n2cc(C)c(=O)[nH]c2=O)CC1N=[N+]=[N-])OC(=O)CCCCCCCCCCCCCCCCC. The number of aryl methyl sites for hydroxylation is 1. The zero-order valence-electron chi connectivity index (χ0n) is 44.5. The summed E-state index contributed by atoms with van der Waals surface area (Å²) in [6.07, 6.45) is 31.7. The standard InChI is InChI=1S/C49H90N5O17P3/c1-4-6-8-10-12-14-16-18-20-22-24-26-28-30-32-34-46(55)65-38-42(68-47(56)35-33-31-29-27-25-23-21-19-17-15-13-11-9-7-5-2)39-66-72(59,60)70-74(63,64)71-73(61,62)67-40-44-43(52-53-50)36-45(69-44)54-37-41(3)48(57)51-49(54)58/h37,42-45H,4-36,38-40H2,1-3H3,(H,59,60)(H,61,62)(H,63,64)(H,51,57,58). The summed E-state index contributed by atoms with van der Waals surface area (Å²) in [4.78, 5) is 85.5. The molecule has 1 saturated heterocycles. The minimum Gasteiger partial charge on any atom is -0.462 e. The van der Waals surface area contributed by atoms with Gasteiger partial charge in [-0.2, -0.15) is 8.62 Å². The van der Waals surface area contributed by atoms with E-state index in [2.05, 4.69) is 37.5 Å². The number of nitrogens with one attached hydrogen (secondary N) is 1. The number of esters is 2. The van der Waals surface area contributed by atoms with Crippen LogP contribution in [-0.2, 0) is 55.2 Å². The number of carbonyl (C=O) groups excluding carboxylic acids is 2. The minimum absolute atomic E-state index is 0.00204. The number of rotatable bonds is 47. The maximum Gasteiger partial charge on any atom is 0.490 e. The number of azide groups is 1. The van der Waals surface area contributed by atoms with Crippen molar-refractivity contribution in [2.75, 3.05) is 19.8 Å². The van der Waals surface area contributed by atoms with Crippen LogP contribution in [0.15, 0.2) is 20.9 Å². The second-order valence-electron chi connectivity index (χ2n) is 19.5. The molecule has 1 aromatic heterocycles. The molecule has 4 N–H and O–H groups in total. The third-order valence-corrected chi connectivity index (χ3v) is 17.0. The van der Waals surface area contributed by atoms with Gasteiger partial charge >= 0.3 is 41.1 Å². The van der Waals surface area contributed by atoms with Gasteiger partial charge in [0.15, 0.2) is 6.10 Å². The first-order chi connectivity index (χ1) is 35.4. The summed E-state index contributed by atoms with van der Waals surface area (Å²) in [5.74, 6) is -1.29. The highest BCUT2D eigenvalue weighted by Gasteiger charge is 2.44. The second kappa shape index (κ2) is 39.6. The van der Waals surface area contributed by atoms with Crippen LogP contribution < -0.4 is 11.2 Å². The van der Waals surface area contributed by atoms with Crippen LogP contribution in [0.25, 0.3) is 10.4 Å². The maximum absolute atomic E-state index is 12.9. The van der Waals surface area contributed by atoms with Gasteiger partial charge in [-0.15, -0.1) is 0 Å². The number of aromatic amines is 1. The smallest absolute Gasteiger partial charge is 0.462 e. The number of hydrogen-bond donors (Lipinski definition) is 4. The Bertz CT molecular complexity index is 2040. The molecule has 25 heteroatoms. The Morgan fingerprint density at radius 1 is 0.676 bits per heavy atom. The largest absolute Gasteiger partial charge is 0.490 e. The average Bonchev–Trinajstić information content (AvgIpc) is 3.74. The number of nitrogens with zero attached hydrogens (tertiary/aromatic N) is 4. The Kier molecular flexibility index (Phi) is 36.1. The molecule has 74 heavy (non-hydrogen) atoms. The van der Waals surface area contributed by atoms with E-state index in [1.165, 1.54) is 142 Å². The van der Waals surface area contributed by atoms with Crippen LogP contribution in [0.3, 0.4) is 0 Å². The van der Waals surface area contributed by atoms with E-state index in [-0.39, 0.29) is 24.8 Å². The Morgan fingerprint density at radius 3 is 1.54 bits per heavy atom. The molecule has 7 atom stereocenters. The second-order valence-corrected chi connectivity index (χ2v) is 24.1. The molecule has 1 aliphatic heterocycles. The van der Waals surface area contributed by atoms with E-state index in [1.807, 2.05) is 0 Å². The van der Waals surface area contributed by atoms with Crippen LogP contribution in [0, 0.1) is 6.92 Å². The fourth-order valence-corrected chi connectivity index (χ4v) is 12.1. The molecule has 2 heterocycles. The summed E-state index contributed by atoms with van der Waals surface area (Å²) in [7, 11) is -17.3. The molecular weight excluding hydrogens is 1020 g/mol. The van der Waals surface area contributed by atoms with E-state index >= 15 is 0 Å². The summed E-state index contributed by atoms with van der Waals surface area (Å²) in [5, 5.41) is 3.54. The van der Waals surface area contributed by atoms with E-state index in [4.69, 9.17) is 28.8 Å². The molecule has 0 aliphatic carbocycles. The molecule has 2 rings (SSSR count). The van der Waals surface area contributed by atoms with Crippen LogP contribution >= 0.6 is 23.5 Å². The van der Waals surface area contributed by atoms with Gasteiger partial charge in [0.05, 0.1) is 25.4 Å². The molecule has 0 bridgehead atoms. The molecule has 7 unspecified atom stereocenters. The number of H-pyrrole nitrogens is 1. The van der Waals surface area contributed by atoms with Gasteiger partial charge in [0.1, 0.15) is 12.8 Å². The number of ether oxygens (including phenoxy) is 3. The Labute approximate surface area is 438 Å². The number of carbonyl (C=O) groups is 2. The van der Waals surface area contributed by atoms with Crippen LogP contribution in [0.4, 0.5) is 0 Å². The quantitative estimate of drug-likeness (QED) is 0.0118. The Morgan fingerprint density at radius 2 is 1.09 bits per heavy atom. The van der Waals surface area contributed by atoms with Gasteiger partial charge in [-0.3, -0.25) is 33.0 Å². The summed E-state index contributed by atoms with van der Waals surface area (Å²) in [6, 6.07) is -1.10. The highest BCUT2D eigenvalue weighted by molar-refractivity contribution is 7.66. The van der Waals surface area contributed by atoms with E-state index in [0.717, 1.165) is 55.9 Å². The summed E-state index contributed by atoms with van der Waals surface area (Å²) in [6.45, 7) is 3.41. The fraction of sp³-hybridized carbons (Fsp3) is 0.878. The molecule has 0 saturated carbocycles. The third-order valence-electron chi connectivity index (χ3n) is 12.8. The molecule has 1 fully saturated rings. The van der Waals surface area contributed by atoms with Crippen LogP contribution in [0.2, 0.25) is 0 Å². The van der Waals surface area contributed by atoms with Gasteiger partial charge in [0, 0.05) is 35.9 Å². The van der Waals surface area contributed by atoms with Gasteiger partial charge in [0.25, 0.3) is 5.56 Å². The summed E-state index contributed by atoms with van der Waals surface area (Å²) in [5.41, 5.74) is 7.69. The van der Waals surface area contributed by atoms with Crippen molar-refractivity contribution in [3.63, 3.8) is 0 Å². The molecule has 1 aliphatic rings. The Balaban J connectivity index is 1.86. The van der Waals surface area contributed by atoms with E-state index in [1.54, 1.807) is 0 Å². The van der Waals surface area contributed by atoms with Crippen molar-refractivity contribution in [1.82, 2.24) is 9.55 Å². The van der Waals surface area contributed by atoms with Gasteiger partial charge in [0.2, 0.25) is 0 Å². The lowest BCUT2D eigenvalue weighted by molar-refractivity contribution is -0.161. The highest BCUT2D eigenvalue weighted by Crippen LogP contribution is 2.67. The topological polar surface area (TPSA) is 314 Å². The van der Waals surface area contributed by atoms with Gasteiger partial charge in [-0.25, -0.2) is 18.5 Å². The van der Waals surface area contributed by atoms with Crippen molar-refractivity contribution >= 4 is 35.4 Å². The summed E-state index contributed by atoms with van der Waals surface area (Å²) >= 11 is 0. The fourth-order valence-electron chi connectivity index (χ4n) is 8.59. The van der Waals surface area contributed by atoms with Crippen molar-refractivity contribution in [2.45, 2.75) is 257 Å².